The summed E-state index contributed by atoms with van der Waals surface area (Å²) in [4.78, 5) is 30.0. The van der Waals surface area contributed by atoms with Gasteiger partial charge in [-0.15, -0.1) is 12.3 Å². The van der Waals surface area contributed by atoms with Gasteiger partial charge in [-0.2, -0.15) is 0 Å². The number of nitrogens with zero attached hydrogens (tertiary/aromatic N) is 2. The number of para-hydroxylation sites is 1. The average Bonchev–Trinajstić information content (AvgIpc) is 3.02. The van der Waals surface area contributed by atoms with E-state index in [0.29, 0.717) is 17.9 Å². The SMILES string of the molecule is C#CCC1(O)C(=O)OCc2c1cc1n(c2=O)Cc2cc3ccccc3nc2-1. The van der Waals surface area contributed by atoms with Gasteiger partial charge >= 0.3 is 5.97 Å². The predicted molar refractivity (Wildman–Crippen MR) is 97.7 cm³/mol. The monoisotopic (exact) mass is 358 g/mol. The standard InChI is InChI=1S/C21H14N2O4/c1-2-7-21(26)15-9-17-18-13(8-12-5-3-4-6-16(12)22-18)10-23(17)19(24)14(15)11-27-20(21)25/h1,3-6,8-9,26H,7,10-11H2. The van der Waals surface area contributed by atoms with Crippen molar-refractivity contribution in [3.63, 3.8) is 0 Å². The van der Waals surface area contributed by atoms with E-state index in [-0.39, 0.29) is 29.7 Å². The summed E-state index contributed by atoms with van der Waals surface area (Å²) in [6.07, 6.45) is 5.08. The molecular formula is C21H14N2O4. The fourth-order valence-electron chi connectivity index (χ4n) is 3.91. The summed E-state index contributed by atoms with van der Waals surface area (Å²) in [6, 6.07) is 11.4. The summed E-state index contributed by atoms with van der Waals surface area (Å²) < 4.78 is 6.64. The molecule has 0 radical (unpaired) electrons. The zero-order chi connectivity index (χ0) is 18.8. The van der Waals surface area contributed by atoms with Gasteiger partial charge in [-0.3, -0.25) is 4.79 Å². The van der Waals surface area contributed by atoms with Crippen molar-refractivity contribution >= 4 is 16.9 Å². The van der Waals surface area contributed by atoms with Crippen LogP contribution in [0.15, 0.2) is 41.2 Å². The number of carbonyl (C=O) groups is 1. The van der Waals surface area contributed by atoms with Crippen LogP contribution in [-0.2, 0) is 28.3 Å². The maximum atomic E-state index is 13.0. The van der Waals surface area contributed by atoms with Crippen LogP contribution in [0.3, 0.4) is 0 Å². The van der Waals surface area contributed by atoms with Gasteiger partial charge in [-0.05, 0) is 18.2 Å². The summed E-state index contributed by atoms with van der Waals surface area (Å²) in [5, 5.41) is 11.9. The first-order chi connectivity index (χ1) is 13.0. The molecule has 0 saturated heterocycles. The molecule has 2 aliphatic heterocycles. The zero-order valence-electron chi connectivity index (χ0n) is 14.2. The van der Waals surface area contributed by atoms with Crippen LogP contribution >= 0.6 is 0 Å². The van der Waals surface area contributed by atoms with E-state index >= 15 is 0 Å². The molecule has 1 atom stereocenters. The first kappa shape index (κ1) is 15.8. The van der Waals surface area contributed by atoms with E-state index in [1.807, 2.05) is 30.3 Å². The number of rotatable bonds is 1. The summed E-state index contributed by atoms with van der Waals surface area (Å²) in [7, 11) is 0. The fraction of sp³-hybridized carbons (Fsp3) is 0.190. The first-order valence-electron chi connectivity index (χ1n) is 8.52. The molecule has 2 aromatic heterocycles. The summed E-state index contributed by atoms with van der Waals surface area (Å²) >= 11 is 0. The highest BCUT2D eigenvalue weighted by atomic mass is 16.6. The average molecular weight is 358 g/mol. The molecule has 0 aliphatic carbocycles. The maximum Gasteiger partial charge on any atom is 0.344 e. The molecule has 0 amide bonds. The highest BCUT2D eigenvalue weighted by molar-refractivity contribution is 5.86. The van der Waals surface area contributed by atoms with Gasteiger partial charge in [0.2, 0.25) is 0 Å². The lowest BCUT2D eigenvalue weighted by Crippen LogP contribution is -2.44. The number of hydrogen-bond acceptors (Lipinski definition) is 5. The topological polar surface area (TPSA) is 81.4 Å². The first-order valence-corrected chi connectivity index (χ1v) is 8.52. The lowest BCUT2D eigenvalue weighted by molar-refractivity contribution is -0.171. The van der Waals surface area contributed by atoms with Gasteiger partial charge < -0.3 is 14.4 Å². The van der Waals surface area contributed by atoms with Crippen LogP contribution in [0.2, 0.25) is 0 Å². The van der Waals surface area contributed by atoms with Crippen molar-refractivity contribution in [3.05, 3.63) is 63.4 Å². The second-order valence-corrected chi connectivity index (χ2v) is 6.82. The van der Waals surface area contributed by atoms with Crippen LogP contribution in [0.5, 0.6) is 0 Å². The summed E-state index contributed by atoms with van der Waals surface area (Å²) in [6.45, 7) is 0.210. The Hall–Kier alpha value is -3.43. The Labute approximate surface area is 154 Å². The van der Waals surface area contributed by atoms with Gasteiger partial charge in [0.05, 0.1) is 35.4 Å². The van der Waals surface area contributed by atoms with Gasteiger partial charge in [0, 0.05) is 16.5 Å². The molecule has 27 heavy (non-hydrogen) atoms. The Kier molecular flexibility index (Phi) is 3.09. The number of benzene rings is 1. The normalized spacial score (nSPS) is 19.8. The zero-order valence-corrected chi connectivity index (χ0v) is 14.2. The van der Waals surface area contributed by atoms with E-state index in [2.05, 4.69) is 5.92 Å². The number of terminal acetylenes is 1. The number of aromatic nitrogens is 2. The minimum atomic E-state index is -2.02. The molecule has 0 saturated carbocycles. The molecule has 0 fully saturated rings. The van der Waals surface area contributed by atoms with E-state index in [9.17, 15) is 14.7 Å². The molecule has 6 heteroatoms. The van der Waals surface area contributed by atoms with Crippen LogP contribution in [0.1, 0.15) is 23.1 Å². The van der Waals surface area contributed by atoms with Crippen molar-refractivity contribution in [2.45, 2.75) is 25.2 Å². The number of cyclic esters (lactones) is 1. The quantitative estimate of drug-likeness (QED) is 0.414. The lowest BCUT2D eigenvalue weighted by Gasteiger charge is -2.31. The molecule has 4 heterocycles. The number of esters is 1. The Morgan fingerprint density at radius 1 is 1.30 bits per heavy atom. The van der Waals surface area contributed by atoms with Crippen LogP contribution < -0.4 is 5.56 Å². The van der Waals surface area contributed by atoms with Crippen molar-refractivity contribution < 1.29 is 14.6 Å². The lowest BCUT2D eigenvalue weighted by atomic mass is 9.85. The molecule has 5 rings (SSSR count). The predicted octanol–water partition coefficient (Wildman–Crippen LogP) is 1.69. The smallest absolute Gasteiger partial charge is 0.344 e. The third-order valence-corrected chi connectivity index (χ3v) is 5.26. The molecule has 3 aromatic rings. The van der Waals surface area contributed by atoms with Crippen LogP contribution in [0.25, 0.3) is 22.3 Å². The van der Waals surface area contributed by atoms with Crippen LogP contribution in [0, 0.1) is 12.3 Å². The molecule has 1 unspecified atom stereocenters. The van der Waals surface area contributed by atoms with Crippen molar-refractivity contribution in [1.29, 1.82) is 0 Å². The summed E-state index contributed by atoms with van der Waals surface area (Å²) in [5.41, 5.74) is 1.14. The molecular weight excluding hydrogens is 344 g/mol. The third kappa shape index (κ3) is 2.03. The van der Waals surface area contributed by atoms with Gasteiger partial charge in [-0.25, -0.2) is 9.78 Å². The van der Waals surface area contributed by atoms with Crippen molar-refractivity contribution in [2.75, 3.05) is 0 Å². The van der Waals surface area contributed by atoms with Gasteiger partial charge in [0.15, 0.2) is 5.60 Å². The molecule has 132 valence electrons. The Balaban J connectivity index is 1.80. The highest BCUT2D eigenvalue weighted by Gasteiger charge is 2.46. The van der Waals surface area contributed by atoms with Crippen molar-refractivity contribution in [1.82, 2.24) is 9.55 Å². The summed E-state index contributed by atoms with van der Waals surface area (Å²) in [5.74, 6) is 1.47. The maximum absolute atomic E-state index is 13.0. The number of pyridine rings is 2. The van der Waals surface area contributed by atoms with Crippen LogP contribution in [-0.4, -0.2) is 20.6 Å². The molecule has 1 N–H and O–H groups in total. The third-order valence-electron chi connectivity index (χ3n) is 5.26. The number of ether oxygens (including phenoxy) is 1. The van der Waals surface area contributed by atoms with Gasteiger partial charge in [0.1, 0.15) is 6.61 Å². The number of carbonyl (C=O) groups excluding carboxylic acids is 1. The van der Waals surface area contributed by atoms with E-state index in [4.69, 9.17) is 16.1 Å². The van der Waals surface area contributed by atoms with E-state index in [1.54, 1.807) is 10.6 Å². The fourth-order valence-corrected chi connectivity index (χ4v) is 3.91. The van der Waals surface area contributed by atoms with Gasteiger partial charge in [-0.1, -0.05) is 18.2 Å². The molecule has 6 nitrogen and oxygen atoms in total. The van der Waals surface area contributed by atoms with Crippen LogP contribution in [0.4, 0.5) is 0 Å². The Morgan fingerprint density at radius 2 is 2.11 bits per heavy atom. The molecule has 0 bridgehead atoms. The number of aliphatic hydroxyl groups is 1. The number of hydrogen-bond donors (Lipinski definition) is 1. The highest BCUT2D eigenvalue weighted by Crippen LogP contribution is 2.38. The molecule has 1 aromatic carbocycles. The minimum Gasteiger partial charge on any atom is -0.458 e. The van der Waals surface area contributed by atoms with Gasteiger partial charge in [0.25, 0.3) is 5.56 Å². The molecule has 2 aliphatic rings. The Bertz CT molecular complexity index is 1250. The Morgan fingerprint density at radius 3 is 2.93 bits per heavy atom. The van der Waals surface area contributed by atoms with Crippen molar-refractivity contribution in [3.8, 4) is 23.7 Å². The second-order valence-electron chi connectivity index (χ2n) is 6.82. The number of fused-ring (bicyclic) bond motifs is 5. The van der Waals surface area contributed by atoms with Crippen molar-refractivity contribution in [2.24, 2.45) is 0 Å². The van der Waals surface area contributed by atoms with E-state index in [0.717, 1.165) is 16.5 Å². The second kappa shape index (κ2) is 5.29. The minimum absolute atomic E-state index is 0.175. The largest absolute Gasteiger partial charge is 0.458 e. The van der Waals surface area contributed by atoms with E-state index < -0.39 is 11.6 Å². The molecule has 0 spiro atoms. The van der Waals surface area contributed by atoms with E-state index in [1.165, 1.54) is 0 Å².